The molecule has 0 saturated heterocycles. The zero-order valence-corrected chi connectivity index (χ0v) is 11.9. The van der Waals surface area contributed by atoms with Crippen molar-refractivity contribution >= 4 is 27.3 Å². The van der Waals surface area contributed by atoms with Gasteiger partial charge in [-0.3, -0.25) is 0 Å². The van der Waals surface area contributed by atoms with Crippen LogP contribution in [0.1, 0.15) is 27.1 Å². The molecule has 0 aliphatic heterocycles. The fraction of sp³-hybridized carbons (Fsp3) is 0.333. The number of halogens is 1. The Balaban J connectivity index is 2.40. The number of furan rings is 1. The molecule has 1 atom stereocenters. The maximum atomic E-state index is 5.55. The maximum Gasteiger partial charge on any atom is 0.128 e. The van der Waals surface area contributed by atoms with Gasteiger partial charge in [-0.25, -0.2) is 0 Å². The first-order valence-corrected chi connectivity index (χ1v) is 6.71. The van der Waals surface area contributed by atoms with Crippen molar-refractivity contribution in [2.75, 3.05) is 7.05 Å². The first-order chi connectivity index (χ1) is 7.63. The van der Waals surface area contributed by atoms with Crippen molar-refractivity contribution in [3.63, 3.8) is 0 Å². The lowest BCUT2D eigenvalue weighted by molar-refractivity contribution is 0.463. The van der Waals surface area contributed by atoms with Crippen molar-refractivity contribution in [3.05, 3.63) is 43.9 Å². The SMILES string of the molecule is CNC(c1cc(Br)c(C)s1)c1occc1C. The van der Waals surface area contributed by atoms with Crippen molar-refractivity contribution in [2.24, 2.45) is 0 Å². The van der Waals surface area contributed by atoms with E-state index in [1.54, 1.807) is 17.6 Å². The predicted molar refractivity (Wildman–Crippen MR) is 71.1 cm³/mol. The van der Waals surface area contributed by atoms with Crippen LogP contribution < -0.4 is 5.32 Å². The molecule has 16 heavy (non-hydrogen) atoms. The molecule has 1 unspecified atom stereocenters. The number of rotatable bonds is 3. The Morgan fingerprint density at radius 1 is 1.44 bits per heavy atom. The zero-order chi connectivity index (χ0) is 11.7. The highest BCUT2D eigenvalue weighted by molar-refractivity contribution is 9.10. The van der Waals surface area contributed by atoms with Crippen LogP contribution in [0.3, 0.4) is 0 Å². The standard InChI is InChI=1S/C12H14BrNOS/c1-7-4-5-15-12(7)11(14-3)10-6-9(13)8(2)16-10/h4-6,11,14H,1-3H3. The lowest BCUT2D eigenvalue weighted by Crippen LogP contribution is -2.16. The van der Waals surface area contributed by atoms with E-state index in [4.69, 9.17) is 4.42 Å². The number of hydrogen-bond acceptors (Lipinski definition) is 3. The summed E-state index contributed by atoms with van der Waals surface area (Å²) >= 11 is 5.33. The second kappa shape index (κ2) is 4.73. The Morgan fingerprint density at radius 2 is 2.19 bits per heavy atom. The predicted octanol–water partition coefficient (Wildman–Crippen LogP) is 4.03. The summed E-state index contributed by atoms with van der Waals surface area (Å²) in [7, 11) is 1.95. The third-order valence-electron chi connectivity index (χ3n) is 2.61. The first-order valence-electron chi connectivity index (χ1n) is 5.10. The van der Waals surface area contributed by atoms with Crippen molar-refractivity contribution in [2.45, 2.75) is 19.9 Å². The first kappa shape index (κ1) is 11.9. The highest BCUT2D eigenvalue weighted by Crippen LogP contribution is 2.34. The van der Waals surface area contributed by atoms with Gasteiger partial charge in [0.2, 0.25) is 0 Å². The molecule has 0 aromatic carbocycles. The fourth-order valence-corrected chi connectivity index (χ4v) is 3.38. The smallest absolute Gasteiger partial charge is 0.128 e. The van der Waals surface area contributed by atoms with Gasteiger partial charge in [0.25, 0.3) is 0 Å². The lowest BCUT2D eigenvalue weighted by Gasteiger charge is -2.12. The van der Waals surface area contributed by atoms with E-state index in [9.17, 15) is 0 Å². The van der Waals surface area contributed by atoms with E-state index >= 15 is 0 Å². The fourth-order valence-electron chi connectivity index (χ4n) is 1.71. The molecule has 0 aliphatic rings. The van der Waals surface area contributed by atoms with Crippen LogP contribution >= 0.6 is 27.3 Å². The number of hydrogen-bond donors (Lipinski definition) is 1. The van der Waals surface area contributed by atoms with Crippen LogP contribution in [0.2, 0.25) is 0 Å². The minimum atomic E-state index is 0.144. The van der Waals surface area contributed by atoms with Gasteiger partial charge in [-0.1, -0.05) is 0 Å². The average Bonchev–Trinajstić information content (AvgIpc) is 2.78. The van der Waals surface area contributed by atoms with Gasteiger partial charge in [-0.05, 0) is 54.5 Å². The van der Waals surface area contributed by atoms with Gasteiger partial charge in [-0.2, -0.15) is 0 Å². The van der Waals surface area contributed by atoms with Crippen LogP contribution in [0, 0.1) is 13.8 Å². The topological polar surface area (TPSA) is 25.2 Å². The third kappa shape index (κ3) is 2.10. The second-order valence-electron chi connectivity index (χ2n) is 3.74. The van der Waals surface area contributed by atoms with E-state index in [2.05, 4.69) is 41.2 Å². The van der Waals surface area contributed by atoms with Gasteiger partial charge in [0, 0.05) is 14.2 Å². The highest BCUT2D eigenvalue weighted by atomic mass is 79.9. The van der Waals surface area contributed by atoms with E-state index in [1.807, 2.05) is 13.1 Å². The minimum absolute atomic E-state index is 0.144. The maximum absolute atomic E-state index is 5.55. The molecular formula is C12H14BrNOS. The Morgan fingerprint density at radius 3 is 2.62 bits per heavy atom. The molecular weight excluding hydrogens is 286 g/mol. The Bertz CT molecular complexity index is 469. The summed E-state index contributed by atoms with van der Waals surface area (Å²) in [6.45, 7) is 4.18. The summed E-state index contributed by atoms with van der Waals surface area (Å²) < 4.78 is 6.71. The number of aryl methyl sites for hydroxylation is 2. The summed E-state index contributed by atoms with van der Waals surface area (Å²) in [6, 6.07) is 4.29. The van der Waals surface area contributed by atoms with Gasteiger partial charge in [0.05, 0.1) is 6.26 Å². The van der Waals surface area contributed by atoms with Crippen LogP contribution in [0.5, 0.6) is 0 Å². The van der Waals surface area contributed by atoms with E-state index in [-0.39, 0.29) is 6.04 Å². The summed E-state index contributed by atoms with van der Waals surface area (Å²) in [4.78, 5) is 2.56. The lowest BCUT2D eigenvalue weighted by atomic mass is 10.1. The van der Waals surface area contributed by atoms with Gasteiger partial charge in [-0.15, -0.1) is 11.3 Å². The summed E-state index contributed by atoms with van der Waals surface area (Å²) in [5, 5.41) is 3.30. The number of thiophene rings is 1. The third-order valence-corrected chi connectivity index (χ3v) is 4.81. The van der Waals surface area contributed by atoms with Crippen molar-refractivity contribution in [3.8, 4) is 0 Å². The largest absolute Gasteiger partial charge is 0.467 e. The summed E-state index contributed by atoms with van der Waals surface area (Å²) in [6.07, 6.45) is 1.74. The molecule has 0 amide bonds. The molecule has 0 bridgehead atoms. The summed E-state index contributed by atoms with van der Waals surface area (Å²) in [5.41, 5.74) is 1.18. The molecule has 1 N–H and O–H groups in total. The van der Waals surface area contributed by atoms with Crippen LogP contribution in [0.15, 0.2) is 27.3 Å². The Labute approximate surface area is 108 Å². The summed E-state index contributed by atoms with van der Waals surface area (Å²) in [5.74, 6) is 0.997. The molecule has 0 fully saturated rings. The second-order valence-corrected chi connectivity index (χ2v) is 5.88. The molecule has 4 heteroatoms. The van der Waals surface area contributed by atoms with Crippen LogP contribution in [-0.2, 0) is 0 Å². The van der Waals surface area contributed by atoms with E-state index in [0.29, 0.717) is 0 Å². The van der Waals surface area contributed by atoms with Crippen molar-refractivity contribution in [1.82, 2.24) is 5.32 Å². The quantitative estimate of drug-likeness (QED) is 0.926. The Kier molecular flexibility index (Phi) is 3.52. The van der Waals surface area contributed by atoms with Gasteiger partial charge >= 0.3 is 0 Å². The van der Waals surface area contributed by atoms with E-state index in [1.165, 1.54) is 15.3 Å². The molecule has 0 saturated carbocycles. The van der Waals surface area contributed by atoms with E-state index in [0.717, 1.165) is 10.2 Å². The molecule has 2 nitrogen and oxygen atoms in total. The monoisotopic (exact) mass is 299 g/mol. The molecule has 2 heterocycles. The van der Waals surface area contributed by atoms with Crippen LogP contribution in [-0.4, -0.2) is 7.05 Å². The van der Waals surface area contributed by atoms with Crippen LogP contribution in [0.4, 0.5) is 0 Å². The molecule has 86 valence electrons. The molecule has 0 radical (unpaired) electrons. The van der Waals surface area contributed by atoms with Gasteiger partial charge in [0.15, 0.2) is 0 Å². The average molecular weight is 300 g/mol. The molecule has 2 aromatic rings. The molecule has 0 aliphatic carbocycles. The van der Waals surface area contributed by atoms with Gasteiger partial charge < -0.3 is 9.73 Å². The molecule has 0 spiro atoms. The molecule has 2 aromatic heterocycles. The van der Waals surface area contributed by atoms with Crippen molar-refractivity contribution < 1.29 is 4.42 Å². The molecule has 2 rings (SSSR count). The Hall–Kier alpha value is -0.580. The number of nitrogens with one attached hydrogen (secondary N) is 1. The minimum Gasteiger partial charge on any atom is -0.467 e. The normalized spacial score (nSPS) is 13.0. The zero-order valence-electron chi connectivity index (χ0n) is 9.50. The van der Waals surface area contributed by atoms with Crippen LogP contribution in [0.25, 0.3) is 0 Å². The van der Waals surface area contributed by atoms with Crippen molar-refractivity contribution in [1.29, 1.82) is 0 Å². The highest BCUT2D eigenvalue weighted by Gasteiger charge is 2.20. The van der Waals surface area contributed by atoms with E-state index < -0.39 is 0 Å². The van der Waals surface area contributed by atoms with Gasteiger partial charge in [0.1, 0.15) is 11.8 Å².